The number of allylic oxidation sites excluding steroid dienone is 4. The van der Waals surface area contributed by atoms with Crippen LogP contribution in [0.15, 0.2) is 23.8 Å². The zero-order chi connectivity index (χ0) is 6.85. The summed E-state index contributed by atoms with van der Waals surface area (Å²) in [6.07, 6.45) is 5.34. The van der Waals surface area contributed by atoms with Crippen LogP contribution in [0.3, 0.4) is 0 Å². The summed E-state index contributed by atoms with van der Waals surface area (Å²) < 4.78 is 0. The van der Waals surface area contributed by atoms with E-state index in [0.717, 1.165) is 0 Å². The molecule has 0 saturated carbocycles. The summed E-state index contributed by atoms with van der Waals surface area (Å²) in [4.78, 5) is 10.7. The summed E-state index contributed by atoms with van der Waals surface area (Å²) in [6, 6.07) is 0. The van der Waals surface area contributed by atoms with Crippen molar-refractivity contribution in [2.45, 2.75) is 12.3 Å². The summed E-state index contributed by atoms with van der Waals surface area (Å²) in [6.45, 7) is 1.52. The van der Waals surface area contributed by atoms with Gasteiger partial charge in [-0.25, -0.2) is 0 Å². The summed E-state index contributed by atoms with van der Waals surface area (Å²) >= 11 is 5.70. The van der Waals surface area contributed by atoms with Gasteiger partial charge in [0.1, 0.15) is 0 Å². The Kier molecular flexibility index (Phi) is 1.72. The number of hydrogen-bond donors (Lipinski definition) is 0. The van der Waals surface area contributed by atoms with Crippen molar-refractivity contribution in [2.24, 2.45) is 0 Å². The minimum Gasteiger partial charge on any atom is -0.295 e. The van der Waals surface area contributed by atoms with E-state index in [1.807, 2.05) is 0 Å². The number of carbonyl (C=O) groups excluding carboxylic acids is 1. The van der Waals surface area contributed by atoms with Gasteiger partial charge >= 0.3 is 0 Å². The van der Waals surface area contributed by atoms with Crippen LogP contribution in [0, 0.1) is 0 Å². The average molecular weight is 143 g/mol. The second-order valence-corrected chi connectivity index (χ2v) is 2.44. The van der Waals surface area contributed by atoms with Crippen LogP contribution in [-0.2, 0) is 4.79 Å². The van der Waals surface area contributed by atoms with Crippen LogP contribution in [0.5, 0.6) is 0 Å². The molecule has 0 aromatic rings. The van der Waals surface area contributed by atoms with Crippen molar-refractivity contribution in [2.75, 3.05) is 0 Å². The fraction of sp³-hybridized carbons (Fsp3) is 0.286. The molecule has 1 rings (SSSR count). The molecule has 1 aliphatic rings. The molecule has 2 heteroatoms. The van der Waals surface area contributed by atoms with E-state index in [0.29, 0.717) is 5.57 Å². The molecule has 0 amide bonds. The fourth-order valence-electron chi connectivity index (χ4n) is 0.764. The average Bonchev–Trinajstić information content (AvgIpc) is 2.13. The summed E-state index contributed by atoms with van der Waals surface area (Å²) in [5.74, 6) is 0.0556. The Morgan fingerprint density at radius 3 is 2.67 bits per heavy atom. The highest BCUT2D eigenvalue weighted by atomic mass is 35.5. The van der Waals surface area contributed by atoms with E-state index in [4.69, 9.17) is 11.6 Å². The van der Waals surface area contributed by atoms with E-state index in [1.54, 1.807) is 18.2 Å². The molecule has 48 valence electrons. The van der Waals surface area contributed by atoms with Crippen LogP contribution >= 0.6 is 11.6 Å². The molecule has 0 heterocycles. The molecule has 1 nitrogen and oxygen atoms in total. The third-order valence-electron chi connectivity index (χ3n) is 1.26. The van der Waals surface area contributed by atoms with Crippen molar-refractivity contribution in [3.8, 4) is 0 Å². The van der Waals surface area contributed by atoms with Gasteiger partial charge in [0.25, 0.3) is 0 Å². The van der Waals surface area contributed by atoms with Gasteiger partial charge in [0, 0.05) is 5.57 Å². The number of carbonyl (C=O) groups is 1. The van der Waals surface area contributed by atoms with Gasteiger partial charge in [-0.15, -0.1) is 11.6 Å². The summed E-state index contributed by atoms with van der Waals surface area (Å²) in [5, 5.41) is -0.192. The Morgan fingerprint density at radius 1 is 1.78 bits per heavy atom. The van der Waals surface area contributed by atoms with Crippen LogP contribution in [0.4, 0.5) is 0 Å². The maximum Gasteiger partial charge on any atom is 0.157 e. The van der Waals surface area contributed by atoms with Gasteiger partial charge < -0.3 is 0 Å². The molecule has 1 atom stereocenters. The van der Waals surface area contributed by atoms with Gasteiger partial charge in [-0.3, -0.25) is 4.79 Å². The standard InChI is InChI=1S/C7H7ClO/c1-5(9)6-3-2-4-7(6)8/h2-4,7H,1H3. The lowest BCUT2D eigenvalue weighted by molar-refractivity contribution is -0.113. The number of alkyl halides is 1. The lowest BCUT2D eigenvalue weighted by Gasteiger charge is -1.98. The van der Waals surface area contributed by atoms with E-state index in [9.17, 15) is 4.79 Å². The number of rotatable bonds is 1. The quantitative estimate of drug-likeness (QED) is 0.509. The van der Waals surface area contributed by atoms with E-state index >= 15 is 0 Å². The largest absolute Gasteiger partial charge is 0.295 e. The molecule has 0 bridgehead atoms. The third-order valence-corrected chi connectivity index (χ3v) is 1.64. The molecular formula is C7H7ClO. The van der Waals surface area contributed by atoms with Crippen molar-refractivity contribution in [3.63, 3.8) is 0 Å². The highest BCUT2D eigenvalue weighted by Gasteiger charge is 2.14. The molecule has 0 aliphatic heterocycles. The lowest BCUT2D eigenvalue weighted by Crippen LogP contribution is -2.03. The van der Waals surface area contributed by atoms with Crippen LogP contribution in [0.25, 0.3) is 0 Å². The fourth-order valence-corrected chi connectivity index (χ4v) is 1.07. The Bertz CT molecular complexity index is 191. The highest BCUT2D eigenvalue weighted by Crippen LogP contribution is 2.17. The number of ketones is 1. The molecule has 0 saturated heterocycles. The number of Topliss-reactive ketones (excluding diaryl/α,β-unsaturated/α-hetero) is 1. The Labute approximate surface area is 59.0 Å². The van der Waals surface area contributed by atoms with Crippen LogP contribution in [0.2, 0.25) is 0 Å². The van der Waals surface area contributed by atoms with Crippen molar-refractivity contribution < 1.29 is 4.79 Å². The molecule has 1 aliphatic carbocycles. The number of halogens is 1. The molecule has 0 N–H and O–H groups in total. The molecule has 0 aromatic carbocycles. The second kappa shape index (κ2) is 2.36. The van der Waals surface area contributed by atoms with Crippen LogP contribution < -0.4 is 0 Å². The van der Waals surface area contributed by atoms with E-state index in [2.05, 4.69) is 0 Å². The minimum atomic E-state index is -0.192. The molecular weight excluding hydrogens is 136 g/mol. The van der Waals surface area contributed by atoms with Crippen molar-refractivity contribution in [1.29, 1.82) is 0 Å². The topological polar surface area (TPSA) is 17.1 Å². The van der Waals surface area contributed by atoms with Crippen molar-refractivity contribution >= 4 is 17.4 Å². The Morgan fingerprint density at radius 2 is 2.44 bits per heavy atom. The predicted molar refractivity (Wildman–Crippen MR) is 37.5 cm³/mol. The maximum atomic E-state index is 10.7. The van der Waals surface area contributed by atoms with Gasteiger partial charge in [-0.05, 0) is 6.92 Å². The van der Waals surface area contributed by atoms with Gasteiger partial charge in [-0.2, -0.15) is 0 Å². The Hall–Kier alpha value is -0.560. The first-order valence-electron chi connectivity index (χ1n) is 2.75. The summed E-state index contributed by atoms with van der Waals surface area (Å²) in [7, 11) is 0. The highest BCUT2D eigenvalue weighted by molar-refractivity contribution is 6.27. The molecule has 1 unspecified atom stereocenters. The van der Waals surface area contributed by atoms with Gasteiger partial charge in [0.2, 0.25) is 0 Å². The maximum absolute atomic E-state index is 10.7. The van der Waals surface area contributed by atoms with Gasteiger partial charge in [0.05, 0.1) is 5.38 Å². The van der Waals surface area contributed by atoms with E-state index in [1.165, 1.54) is 6.92 Å². The third kappa shape index (κ3) is 1.22. The number of hydrogen-bond acceptors (Lipinski definition) is 1. The molecule has 0 aromatic heterocycles. The first-order valence-corrected chi connectivity index (χ1v) is 3.19. The lowest BCUT2D eigenvalue weighted by atomic mass is 10.2. The zero-order valence-corrected chi connectivity index (χ0v) is 5.85. The molecule has 9 heavy (non-hydrogen) atoms. The minimum absolute atomic E-state index is 0.0556. The predicted octanol–water partition coefficient (Wildman–Crippen LogP) is 1.68. The van der Waals surface area contributed by atoms with Crippen LogP contribution in [-0.4, -0.2) is 11.2 Å². The van der Waals surface area contributed by atoms with Crippen LogP contribution in [0.1, 0.15) is 6.92 Å². The normalized spacial score (nSPS) is 24.2. The van der Waals surface area contributed by atoms with Gasteiger partial charge in [0.15, 0.2) is 5.78 Å². The van der Waals surface area contributed by atoms with E-state index < -0.39 is 0 Å². The van der Waals surface area contributed by atoms with Gasteiger partial charge in [-0.1, -0.05) is 18.2 Å². The van der Waals surface area contributed by atoms with Crippen molar-refractivity contribution in [3.05, 3.63) is 23.8 Å². The zero-order valence-electron chi connectivity index (χ0n) is 5.10. The molecule has 0 spiro atoms. The first-order chi connectivity index (χ1) is 4.22. The van der Waals surface area contributed by atoms with Crippen molar-refractivity contribution in [1.82, 2.24) is 0 Å². The molecule has 0 radical (unpaired) electrons. The SMILES string of the molecule is CC(=O)C1=CC=CC1Cl. The summed E-state index contributed by atoms with van der Waals surface area (Å²) in [5.41, 5.74) is 0.691. The monoisotopic (exact) mass is 142 g/mol. The Balaban J connectivity index is 2.76. The second-order valence-electron chi connectivity index (χ2n) is 1.96. The van der Waals surface area contributed by atoms with E-state index in [-0.39, 0.29) is 11.2 Å². The first kappa shape index (κ1) is 6.56. The molecule has 0 fully saturated rings. The smallest absolute Gasteiger partial charge is 0.157 e.